The van der Waals surface area contributed by atoms with Gasteiger partial charge in [0.15, 0.2) is 17.5 Å². The van der Waals surface area contributed by atoms with E-state index in [-0.39, 0.29) is 0 Å². The topological polar surface area (TPSA) is 69.9 Å². The minimum Gasteiger partial charge on any atom is -0.456 e. The van der Waals surface area contributed by atoms with Crippen molar-refractivity contribution in [1.29, 1.82) is 0 Å². The van der Waals surface area contributed by atoms with E-state index in [2.05, 4.69) is 144 Å². The first kappa shape index (κ1) is 32.0. The SMILES string of the molecule is c1ccc2cc3c(cc2c1)c1ccccc1n3-c1cc(-c2nc(-c3ccc4oc5ccccc5c4c3)nc(-c3cccc4ccccc34)n2)c2c(c1)oc1ccccc12. The van der Waals surface area contributed by atoms with Gasteiger partial charge in [0.25, 0.3) is 0 Å². The molecule has 0 saturated carbocycles. The van der Waals surface area contributed by atoms with Crippen LogP contribution >= 0.6 is 0 Å². The van der Waals surface area contributed by atoms with E-state index in [9.17, 15) is 0 Å². The van der Waals surface area contributed by atoms with E-state index in [4.69, 9.17) is 23.8 Å². The molecule has 0 aliphatic rings. The van der Waals surface area contributed by atoms with Crippen LogP contribution in [0.2, 0.25) is 0 Å². The Labute approximate surface area is 336 Å². The highest BCUT2D eigenvalue weighted by molar-refractivity contribution is 6.16. The molecule has 9 aromatic carbocycles. The Balaban J connectivity index is 1.13. The number of para-hydroxylation sites is 3. The summed E-state index contributed by atoms with van der Waals surface area (Å²) < 4.78 is 15.3. The minimum atomic E-state index is 0.555. The van der Waals surface area contributed by atoms with E-state index in [0.717, 1.165) is 88.1 Å². The van der Waals surface area contributed by atoms with Crippen molar-refractivity contribution in [3.63, 3.8) is 0 Å². The lowest BCUT2D eigenvalue weighted by molar-refractivity contribution is 0.668. The van der Waals surface area contributed by atoms with Gasteiger partial charge in [-0.25, -0.2) is 15.0 Å². The van der Waals surface area contributed by atoms with Crippen LogP contribution in [0.3, 0.4) is 0 Å². The molecular weight excluding hydrogens is 725 g/mol. The van der Waals surface area contributed by atoms with Gasteiger partial charge in [-0.2, -0.15) is 0 Å². The van der Waals surface area contributed by atoms with Crippen molar-refractivity contribution >= 4 is 87.2 Å². The van der Waals surface area contributed by atoms with Crippen LogP contribution in [0.5, 0.6) is 0 Å². The molecule has 0 fully saturated rings. The van der Waals surface area contributed by atoms with Gasteiger partial charge in [-0.1, -0.05) is 121 Å². The van der Waals surface area contributed by atoms with E-state index >= 15 is 0 Å². The van der Waals surface area contributed by atoms with Crippen molar-refractivity contribution in [1.82, 2.24) is 19.5 Å². The summed E-state index contributed by atoms with van der Waals surface area (Å²) in [5.41, 5.74) is 9.04. The van der Waals surface area contributed by atoms with E-state index in [1.54, 1.807) is 0 Å². The smallest absolute Gasteiger partial charge is 0.164 e. The van der Waals surface area contributed by atoms with E-state index in [0.29, 0.717) is 17.5 Å². The van der Waals surface area contributed by atoms with Gasteiger partial charge in [0.1, 0.15) is 22.3 Å². The number of fused-ring (bicyclic) bond motifs is 11. The third kappa shape index (κ3) is 4.84. The molecule has 0 atom stereocenters. The maximum absolute atomic E-state index is 6.72. The first-order valence-corrected chi connectivity index (χ1v) is 19.8. The summed E-state index contributed by atoms with van der Waals surface area (Å²) >= 11 is 0. The third-order valence-corrected chi connectivity index (χ3v) is 11.8. The molecule has 0 bridgehead atoms. The zero-order valence-electron chi connectivity index (χ0n) is 31.4. The first-order chi connectivity index (χ1) is 29.2. The van der Waals surface area contributed by atoms with E-state index in [1.807, 2.05) is 42.5 Å². The molecule has 274 valence electrons. The van der Waals surface area contributed by atoms with Crippen LogP contribution < -0.4 is 0 Å². The van der Waals surface area contributed by atoms with Crippen LogP contribution in [0, 0.1) is 0 Å². The van der Waals surface area contributed by atoms with Crippen LogP contribution in [0.15, 0.2) is 191 Å². The lowest BCUT2D eigenvalue weighted by atomic mass is 10.0. The van der Waals surface area contributed by atoms with Crippen molar-refractivity contribution < 1.29 is 8.83 Å². The zero-order valence-corrected chi connectivity index (χ0v) is 31.4. The highest BCUT2D eigenvalue weighted by atomic mass is 16.3. The second-order valence-corrected chi connectivity index (χ2v) is 15.2. The Morgan fingerprint density at radius 3 is 1.80 bits per heavy atom. The fourth-order valence-electron chi connectivity index (χ4n) is 9.11. The Hall–Kier alpha value is -8.09. The van der Waals surface area contributed by atoms with Gasteiger partial charge >= 0.3 is 0 Å². The van der Waals surface area contributed by atoms with Gasteiger partial charge in [-0.05, 0) is 76.1 Å². The zero-order chi connectivity index (χ0) is 38.6. The summed E-state index contributed by atoms with van der Waals surface area (Å²) in [6, 6.07) is 63.3. The van der Waals surface area contributed by atoms with Crippen molar-refractivity contribution in [3.8, 4) is 39.9 Å². The normalized spacial score (nSPS) is 12.1. The summed E-state index contributed by atoms with van der Waals surface area (Å²) in [6.07, 6.45) is 0. The largest absolute Gasteiger partial charge is 0.456 e. The maximum Gasteiger partial charge on any atom is 0.164 e. The predicted molar refractivity (Wildman–Crippen MR) is 240 cm³/mol. The van der Waals surface area contributed by atoms with Crippen molar-refractivity contribution in [2.75, 3.05) is 0 Å². The predicted octanol–water partition coefficient (Wildman–Crippen LogP) is 14.1. The molecule has 6 nitrogen and oxygen atoms in total. The number of furan rings is 2. The molecule has 0 N–H and O–H groups in total. The average molecular weight is 755 g/mol. The molecule has 13 aromatic rings. The van der Waals surface area contributed by atoms with Crippen LogP contribution in [0.25, 0.3) is 127 Å². The van der Waals surface area contributed by atoms with Crippen LogP contribution in [-0.2, 0) is 0 Å². The van der Waals surface area contributed by atoms with Gasteiger partial charge in [0.05, 0.1) is 16.7 Å². The second-order valence-electron chi connectivity index (χ2n) is 15.2. The summed E-state index contributed by atoms with van der Waals surface area (Å²) in [7, 11) is 0. The fraction of sp³-hybridized carbons (Fsp3) is 0. The van der Waals surface area contributed by atoms with Gasteiger partial charge in [0, 0.05) is 55.1 Å². The maximum atomic E-state index is 6.72. The van der Waals surface area contributed by atoms with Gasteiger partial charge < -0.3 is 13.4 Å². The van der Waals surface area contributed by atoms with Gasteiger partial charge in [0.2, 0.25) is 0 Å². The average Bonchev–Trinajstić information content (AvgIpc) is 3.96. The molecule has 59 heavy (non-hydrogen) atoms. The number of aromatic nitrogens is 4. The molecule has 0 radical (unpaired) electrons. The highest BCUT2D eigenvalue weighted by Gasteiger charge is 2.22. The second kappa shape index (κ2) is 12.2. The monoisotopic (exact) mass is 754 g/mol. The quantitative estimate of drug-likeness (QED) is 0.179. The molecule has 0 aliphatic heterocycles. The summed E-state index contributed by atoms with van der Waals surface area (Å²) in [6.45, 7) is 0. The number of hydrogen-bond acceptors (Lipinski definition) is 5. The molecule has 13 rings (SSSR count). The highest BCUT2D eigenvalue weighted by Crippen LogP contribution is 2.42. The molecule has 4 aromatic heterocycles. The van der Waals surface area contributed by atoms with Crippen LogP contribution in [0.1, 0.15) is 0 Å². The lowest BCUT2D eigenvalue weighted by Crippen LogP contribution is -2.02. The van der Waals surface area contributed by atoms with Crippen molar-refractivity contribution in [2.45, 2.75) is 0 Å². The lowest BCUT2D eigenvalue weighted by Gasteiger charge is -2.13. The Bertz CT molecular complexity index is 3870. The number of benzene rings is 9. The number of hydrogen-bond donors (Lipinski definition) is 0. The minimum absolute atomic E-state index is 0.555. The molecule has 0 saturated heterocycles. The molecule has 0 aliphatic carbocycles. The number of rotatable bonds is 4. The molecule has 6 heteroatoms. The molecular formula is C53H30N4O2. The molecule has 0 unspecified atom stereocenters. The molecule has 4 heterocycles. The summed E-state index contributed by atoms with van der Waals surface area (Å²) in [5, 5.41) is 10.9. The van der Waals surface area contributed by atoms with E-state index in [1.165, 1.54) is 21.5 Å². The Morgan fingerprint density at radius 1 is 0.339 bits per heavy atom. The molecule has 0 spiro atoms. The van der Waals surface area contributed by atoms with Crippen LogP contribution in [-0.4, -0.2) is 19.5 Å². The standard InChI is InChI=1S/C53H30N4O2/c1-2-14-33-28-45-41(26-32(33)13-1)37-17-5-8-21-44(37)57(45)35-29-43(50-40-19-7-10-23-47(40)59-49(50)30-35)53-55-51(34-24-25-48-42(27-34)38-18-6-9-22-46(38)58-48)54-52(56-53)39-20-11-15-31-12-3-4-16-36(31)39/h1-30H. The number of nitrogens with zero attached hydrogens (tertiary/aromatic N) is 4. The van der Waals surface area contributed by atoms with Gasteiger partial charge in [-0.15, -0.1) is 0 Å². The Kier molecular flexibility index (Phi) is 6.63. The van der Waals surface area contributed by atoms with Crippen molar-refractivity contribution in [2.24, 2.45) is 0 Å². The molecule has 0 amide bonds. The van der Waals surface area contributed by atoms with Crippen LogP contribution in [0.4, 0.5) is 0 Å². The van der Waals surface area contributed by atoms with Gasteiger partial charge in [-0.3, -0.25) is 0 Å². The van der Waals surface area contributed by atoms with Crippen molar-refractivity contribution in [3.05, 3.63) is 182 Å². The summed E-state index contributed by atoms with van der Waals surface area (Å²) in [5.74, 6) is 1.72. The van der Waals surface area contributed by atoms with E-state index < -0.39 is 0 Å². The Morgan fingerprint density at radius 2 is 0.949 bits per heavy atom. The first-order valence-electron chi connectivity index (χ1n) is 19.8. The third-order valence-electron chi connectivity index (χ3n) is 11.8. The fourth-order valence-corrected chi connectivity index (χ4v) is 9.11. The summed E-state index contributed by atoms with van der Waals surface area (Å²) in [4.78, 5) is 16.0.